The molecule has 0 aliphatic heterocycles. The molecule has 0 bridgehead atoms. The van der Waals surface area contributed by atoms with E-state index in [-0.39, 0.29) is 36.0 Å². The second-order valence-corrected chi connectivity index (χ2v) is 9.57. The van der Waals surface area contributed by atoms with Crippen LogP contribution in [0.5, 0.6) is 0 Å². The van der Waals surface area contributed by atoms with Gasteiger partial charge in [0.25, 0.3) is 0 Å². The molecule has 0 N–H and O–H groups in total. The van der Waals surface area contributed by atoms with Gasteiger partial charge in [-0.3, -0.25) is 9.59 Å². The van der Waals surface area contributed by atoms with E-state index < -0.39 is 0 Å². The van der Waals surface area contributed by atoms with Crippen LogP contribution in [0.4, 0.5) is 0 Å². The Labute approximate surface area is 259 Å². The number of aryl methyl sites for hydroxylation is 2. The van der Waals surface area contributed by atoms with Crippen molar-refractivity contribution in [3.05, 3.63) is 186 Å². The van der Waals surface area contributed by atoms with Crippen LogP contribution < -0.4 is 0 Å². The summed E-state index contributed by atoms with van der Waals surface area (Å²) in [5, 5.41) is 0. The second kappa shape index (κ2) is 14.9. The summed E-state index contributed by atoms with van der Waals surface area (Å²) in [5.41, 5.74) is 6.46. The topological polar surface area (TPSA) is 34.1 Å². The molecule has 1 aliphatic rings. The molecule has 5 aromatic carbocycles. The van der Waals surface area contributed by atoms with Crippen molar-refractivity contribution in [3.8, 4) is 0 Å². The average Bonchev–Trinajstić information content (AvgIpc) is 3.03. The Kier molecular flexibility index (Phi) is 10.8. The Morgan fingerprint density at radius 2 is 0.732 bits per heavy atom. The Balaban J connectivity index is 0.000000219. The number of Topliss-reactive ketones (excluding diaryl/α,β-unsaturated/α-hetero) is 1. The van der Waals surface area contributed by atoms with E-state index in [0.29, 0.717) is 16.7 Å². The number of allylic oxidation sites excluding steroid dienone is 4. The maximum Gasteiger partial charge on any atom is -0.0238 e. The Bertz CT molecular complexity index is 1580. The Hall–Kier alpha value is -4.26. The van der Waals surface area contributed by atoms with Gasteiger partial charge in [-0.2, -0.15) is 0 Å². The summed E-state index contributed by atoms with van der Waals surface area (Å²) < 4.78 is 0. The molecule has 0 amide bonds. The van der Waals surface area contributed by atoms with Crippen molar-refractivity contribution in [2.24, 2.45) is 0 Å². The fourth-order valence-corrected chi connectivity index (χ4v) is 4.82. The molecule has 6 rings (SSSR count). The van der Waals surface area contributed by atoms with Crippen LogP contribution in [-0.4, -0.2) is 36.0 Å². The first-order chi connectivity index (χ1) is 19.7. The van der Waals surface area contributed by atoms with Crippen LogP contribution in [0, 0.1) is 0 Å². The number of hydrogen-bond donors (Lipinski definition) is 0. The smallest absolute Gasteiger partial charge is 0.0238 e. The van der Waals surface area contributed by atoms with Gasteiger partial charge in [-0.25, -0.2) is 0 Å². The molecule has 0 radical (unpaired) electrons. The zero-order chi connectivity index (χ0) is 27.6. The van der Waals surface area contributed by atoms with E-state index in [2.05, 4.69) is 60.7 Å². The number of hydrogen-bond acceptors (Lipinski definition) is 2. The molecular weight excluding hydrogens is 610 g/mol. The van der Waals surface area contributed by atoms with E-state index in [4.69, 9.17) is 0 Å². The normalized spacial score (nSPS) is 12.5. The SMILES string of the molecule is O=C1C=C(c2ccccc2)C(=O)C(c2ccccc2)=C1c1ccccc1.[SbH3].c1ccc(CCc2ccccc2)cc1. The molecule has 0 aromatic heterocycles. The summed E-state index contributed by atoms with van der Waals surface area (Å²) >= 11 is 0. The molecule has 0 saturated carbocycles. The molecule has 0 atom stereocenters. The van der Waals surface area contributed by atoms with Crippen molar-refractivity contribution in [3.63, 3.8) is 0 Å². The minimum Gasteiger partial charge on any atom is -0.0622 e. The third-order valence-electron chi connectivity index (χ3n) is 6.84. The summed E-state index contributed by atoms with van der Waals surface area (Å²) in [4.78, 5) is 26.4. The van der Waals surface area contributed by atoms with Crippen LogP contribution in [0.1, 0.15) is 27.8 Å². The standard InChI is InChI=1S/C24H16O2.C14H14.Sb.3H/c25-21-16-20(17-10-4-1-5-11-17)24(26)23(19-14-8-3-9-15-19)22(21)18-12-6-2-7-13-18;1-3-7-13(8-4-1)11-12-14-9-5-2-6-10-14;;;;/h1-16H;1-10H,11-12H2;;;;. The predicted octanol–water partition coefficient (Wildman–Crippen LogP) is 7.12. The number of carbonyl (C=O) groups is 2. The van der Waals surface area contributed by atoms with E-state index >= 15 is 0 Å². The van der Waals surface area contributed by atoms with Gasteiger partial charge in [-0.1, -0.05) is 152 Å². The molecule has 1 aliphatic carbocycles. The summed E-state index contributed by atoms with van der Waals surface area (Å²) in [6, 6.07) is 49.4. The van der Waals surface area contributed by atoms with Crippen molar-refractivity contribution >= 4 is 52.7 Å². The first-order valence-electron chi connectivity index (χ1n) is 13.5. The third kappa shape index (κ3) is 7.69. The van der Waals surface area contributed by atoms with Crippen molar-refractivity contribution in [1.29, 1.82) is 0 Å². The molecule has 0 spiro atoms. The third-order valence-corrected chi connectivity index (χ3v) is 6.84. The van der Waals surface area contributed by atoms with E-state index in [0.717, 1.165) is 29.5 Å². The number of benzene rings is 5. The number of ketones is 2. The fraction of sp³-hybridized carbons (Fsp3) is 0.0526. The molecule has 0 saturated heterocycles. The number of rotatable bonds is 6. The zero-order valence-electron chi connectivity index (χ0n) is 22.9. The van der Waals surface area contributed by atoms with Crippen molar-refractivity contribution in [2.75, 3.05) is 0 Å². The van der Waals surface area contributed by atoms with Crippen LogP contribution in [-0.2, 0) is 22.4 Å². The molecule has 2 nitrogen and oxygen atoms in total. The van der Waals surface area contributed by atoms with E-state index in [1.807, 2.05) is 91.0 Å². The molecule has 202 valence electrons. The monoisotopic (exact) mass is 642 g/mol. The van der Waals surface area contributed by atoms with Crippen molar-refractivity contribution in [2.45, 2.75) is 12.8 Å². The van der Waals surface area contributed by atoms with Gasteiger partial charge in [0.1, 0.15) is 0 Å². The predicted molar refractivity (Wildman–Crippen MR) is 174 cm³/mol. The van der Waals surface area contributed by atoms with Crippen LogP contribution in [0.15, 0.2) is 158 Å². The minimum absolute atomic E-state index is 0. The molecule has 0 heterocycles. The first kappa shape index (κ1) is 29.7. The molecular formula is C38H33O2Sb. The number of carbonyl (C=O) groups excluding carboxylic acids is 2. The van der Waals surface area contributed by atoms with Crippen LogP contribution >= 0.6 is 0 Å². The quantitative estimate of drug-likeness (QED) is 0.146. The second-order valence-electron chi connectivity index (χ2n) is 9.57. The molecule has 0 unspecified atom stereocenters. The van der Waals surface area contributed by atoms with E-state index in [1.54, 1.807) is 0 Å². The average molecular weight is 643 g/mol. The largest absolute Gasteiger partial charge is 0.0622 e. The van der Waals surface area contributed by atoms with Crippen LogP contribution in [0.25, 0.3) is 16.7 Å². The molecule has 0 fully saturated rings. The van der Waals surface area contributed by atoms with Gasteiger partial charge in [0.05, 0.1) is 0 Å². The molecule has 3 heteroatoms. The summed E-state index contributed by atoms with van der Waals surface area (Å²) in [6.45, 7) is 0. The van der Waals surface area contributed by atoms with Gasteiger partial charge in [0.2, 0.25) is 0 Å². The van der Waals surface area contributed by atoms with Gasteiger partial charge >= 0.3 is 24.4 Å². The maximum absolute atomic E-state index is 13.4. The summed E-state index contributed by atoms with van der Waals surface area (Å²) in [6.07, 6.45) is 3.72. The van der Waals surface area contributed by atoms with Gasteiger partial charge < -0.3 is 0 Å². The summed E-state index contributed by atoms with van der Waals surface area (Å²) in [7, 11) is 0. The van der Waals surface area contributed by atoms with Gasteiger partial charge in [-0.15, -0.1) is 0 Å². The minimum atomic E-state index is -0.145. The van der Waals surface area contributed by atoms with E-state index in [1.165, 1.54) is 17.2 Å². The van der Waals surface area contributed by atoms with Crippen LogP contribution in [0.3, 0.4) is 0 Å². The Morgan fingerprint density at radius 3 is 1.15 bits per heavy atom. The molecule has 41 heavy (non-hydrogen) atoms. The maximum atomic E-state index is 13.4. The summed E-state index contributed by atoms with van der Waals surface area (Å²) in [5.74, 6) is -0.269. The van der Waals surface area contributed by atoms with E-state index in [9.17, 15) is 9.59 Å². The van der Waals surface area contributed by atoms with Crippen LogP contribution in [0.2, 0.25) is 0 Å². The van der Waals surface area contributed by atoms with Gasteiger partial charge in [0, 0.05) is 16.7 Å². The zero-order valence-corrected chi connectivity index (χ0v) is 27.0. The van der Waals surface area contributed by atoms with Crippen molar-refractivity contribution < 1.29 is 9.59 Å². The Morgan fingerprint density at radius 1 is 0.390 bits per heavy atom. The fourth-order valence-electron chi connectivity index (χ4n) is 4.82. The first-order valence-corrected chi connectivity index (χ1v) is 13.5. The van der Waals surface area contributed by atoms with Gasteiger partial charge in [-0.05, 0) is 46.7 Å². The van der Waals surface area contributed by atoms with Crippen molar-refractivity contribution in [1.82, 2.24) is 0 Å². The van der Waals surface area contributed by atoms with Gasteiger partial charge in [0.15, 0.2) is 11.6 Å². The molecule has 5 aromatic rings.